The highest BCUT2D eigenvalue weighted by Gasteiger charge is 2.15. The minimum Gasteiger partial charge on any atom is -0.492 e. The molecular weight excluding hydrogens is 286 g/mol. The fourth-order valence-electron chi connectivity index (χ4n) is 2.45. The third kappa shape index (κ3) is 2.21. The summed E-state index contributed by atoms with van der Waals surface area (Å²) < 4.78 is 7.52. The minimum atomic E-state index is 0.419. The second kappa shape index (κ2) is 5.30. The monoisotopic (exact) mass is 301 g/mol. The zero-order chi connectivity index (χ0) is 15.0. The zero-order valence-corrected chi connectivity index (χ0v) is 12.7. The van der Waals surface area contributed by atoms with Crippen molar-refractivity contribution in [1.29, 1.82) is 0 Å². The van der Waals surface area contributed by atoms with Gasteiger partial charge < -0.3 is 10.5 Å². The Morgan fingerprint density at radius 1 is 1.24 bits per heavy atom. The Kier molecular flexibility index (Phi) is 3.47. The molecule has 3 rings (SSSR count). The lowest BCUT2D eigenvalue weighted by Gasteiger charge is -2.11. The summed E-state index contributed by atoms with van der Waals surface area (Å²) in [5.41, 5.74) is 9.68. The maximum atomic E-state index is 6.22. The van der Waals surface area contributed by atoms with Crippen LogP contribution in [-0.4, -0.2) is 16.2 Å². The Balaban J connectivity index is 2.31. The first-order valence-corrected chi connectivity index (χ1v) is 7.16. The van der Waals surface area contributed by atoms with Crippen molar-refractivity contribution in [3.05, 3.63) is 47.0 Å². The Morgan fingerprint density at radius 3 is 2.76 bits per heavy atom. The van der Waals surface area contributed by atoms with E-state index in [9.17, 15) is 0 Å². The summed E-state index contributed by atoms with van der Waals surface area (Å²) in [7, 11) is 0. The molecule has 0 bridgehead atoms. The van der Waals surface area contributed by atoms with Crippen LogP contribution in [0.5, 0.6) is 5.75 Å². The molecule has 21 heavy (non-hydrogen) atoms. The van der Waals surface area contributed by atoms with Gasteiger partial charge in [0.1, 0.15) is 11.3 Å². The van der Waals surface area contributed by atoms with Gasteiger partial charge in [-0.05, 0) is 43.7 Å². The maximum Gasteiger partial charge on any atom is 0.206 e. The van der Waals surface area contributed by atoms with Crippen molar-refractivity contribution in [1.82, 2.24) is 9.55 Å². The molecule has 0 fully saturated rings. The number of ether oxygens (including phenoxy) is 1. The topological polar surface area (TPSA) is 53.1 Å². The molecule has 0 unspecified atom stereocenters. The Morgan fingerprint density at radius 2 is 2.00 bits per heavy atom. The minimum absolute atomic E-state index is 0.419. The molecule has 4 nitrogen and oxygen atoms in total. The van der Waals surface area contributed by atoms with Gasteiger partial charge in [-0.1, -0.05) is 23.7 Å². The van der Waals surface area contributed by atoms with Gasteiger partial charge in [-0.2, -0.15) is 0 Å². The Labute approximate surface area is 128 Å². The van der Waals surface area contributed by atoms with E-state index in [-0.39, 0.29) is 0 Å². The van der Waals surface area contributed by atoms with Crippen molar-refractivity contribution in [2.75, 3.05) is 12.3 Å². The number of benzene rings is 2. The van der Waals surface area contributed by atoms with E-state index in [0.29, 0.717) is 17.6 Å². The summed E-state index contributed by atoms with van der Waals surface area (Å²) in [4.78, 5) is 4.45. The van der Waals surface area contributed by atoms with Gasteiger partial charge in [0.2, 0.25) is 5.95 Å². The molecule has 5 heteroatoms. The summed E-state index contributed by atoms with van der Waals surface area (Å²) in [5.74, 6) is 1.16. The molecule has 0 radical (unpaired) electrons. The number of nitrogen functional groups attached to an aromatic ring is 1. The number of nitrogens with two attached hydrogens (primary N) is 1. The molecule has 0 aliphatic rings. The average Bonchev–Trinajstić information content (AvgIpc) is 2.80. The number of halogens is 1. The van der Waals surface area contributed by atoms with Crippen LogP contribution in [0, 0.1) is 6.92 Å². The van der Waals surface area contributed by atoms with Crippen LogP contribution in [0.25, 0.3) is 16.7 Å². The standard InChI is InChI=1S/C16H16ClN3O/c1-3-21-14-9-5-8-13-15(14)19-16(18)20(13)12-7-4-6-11(17)10(12)2/h4-9H,3H2,1-2H3,(H2,18,19). The highest BCUT2D eigenvalue weighted by Crippen LogP contribution is 2.32. The van der Waals surface area contributed by atoms with E-state index in [4.69, 9.17) is 22.1 Å². The molecule has 1 aromatic heterocycles. The lowest BCUT2D eigenvalue weighted by molar-refractivity contribution is 0.344. The molecule has 0 aliphatic heterocycles. The fraction of sp³-hybridized carbons (Fsp3) is 0.188. The van der Waals surface area contributed by atoms with E-state index in [1.807, 2.05) is 54.8 Å². The van der Waals surface area contributed by atoms with Gasteiger partial charge in [0.15, 0.2) is 0 Å². The van der Waals surface area contributed by atoms with E-state index in [2.05, 4.69) is 4.98 Å². The normalized spacial score (nSPS) is 11.0. The quantitative estimate of drug-likeness (QED) is 0.796. The molecule has 0 saturated carbocycles. The van der Waals surface area contributed by atoms with Gasteiger partial charge in [-0.3, -0.25) is 4.57 Å². The number of imidazole rings is 1. The highest BCUT2D eigenvalue weighted by atomic mass is 35.5. The van der Waals surface area contributed by atoms with E-state index in [1.165, 1.54) is 0 Å². The highest BCUT2D eigenvalue weighted by molar-refractivity contribution is 6.31. The lowest BCUT2D eigenvalue weighted by Crippen LogP contribution is -2.02. The van der Waals surface area contributed by atoms with Crippen molar-refractivity contribution in [2.24, 2.45) is 0 Å². The number of para-hydroxylation sites is 1. The molecule has 1 heterocycles. The van der Waals surface area contributed by atoms with Gasteiger partial charge in [0.25, 0.3) is 0 Å². The number of anilines is 1. The lowest BCUT2D eigenvalue weighted by atomic mass is 10.2. The van der Waals surface area contributed by atoms with Gasteiger partial charge in [0, 0.05) is 5.02 Å². The number of nitrogens with zero attached hydrogens (tertiary/aromatic N) is 2. The summed E-state index contributed by atoms with van der Waals surface area (Å²) in [6.45, 7) is 4.50. The summed E-state index contributed by atoms with van der Waals surface area (Å²) >= 11 is 6.22. The van der Waals surface area contributed by atoms with E-state index in [1.54, 1.807) is 0 Å². The predicted octanol–water partition coefficient (Wildman–Crippen LogP) is 3.97. The second-order valence-electron chi connectivity index (χ2n) is 4.75. The molecular formula is C16H16ClN3O. The number of hydrogen-bond donors (Lipinski definition) is 1. The number of rotatable bonds is 3. The van der Waals surface area contributed by atoms with Crippen molar-refractivity contribution in [2.45, 2.75) is 13.8 Å². The first-order valence-electron chi connectivity index (χ1n) is 6.78. The summed E-state index contributed by atoms with van der Waals surface area (Å²) in [6.07, 6.45) is 0. The molecule has 2 N–H and O–H groups in total. The Hall–Kier alpha value is -2.20. The Bertz CT molecular complexity index is 811. The van der Waals surface area contributed by atoms with E-state index >= 15 is 0 Å². The fourth-order valence-corrected chi connectivity index (χ4v) is 2.62. The number of hydrogen-bond acceptors (Lipinski definition) is 3. The summed E-state index contributed by atoms with van der Waals surface area (Å²) in [6, 6.07) is 11.6. The third-order valence-corrected chi connectivity index (χ3v) is 3.86. The molecule has 3 aromatic rings. The van der Waals surface area contributed by atoms with Crippen LogP contribution in [0.4, 0.5) is 5.95 Å². The predicted molar refractivity (Wildman–Crippen MR) is 86.4 cm³/mol. The zero-order valence-electron chi connectivity index (χ0n) is 11.9. The SMILES string of the molecule is CCOc1cccc2c1nc(N)n2-c1cccc(Cl)c1C. The van der Waals surface area contributed by atoms with Crippen LogP contribution in [0.15, 0.2) is 36.4 Å². The van der Waals surface area contributed by atoms with Crippen molar-refractivity contribution in [3.8, 4) is 11.4 Å². The first-order chi connectivity index (χ1) is 10.1. The van der Waals surface area contributed by atoms with Crippen molar-refractivity contribution in [3.63, 3.8) is 0 Å². The van der Waals surface area contributed by atoms with Crippen LogP contribution in [-0.2, 0) is 0 Å². The van der Waals surface area contributed by atoms with Gasteiger partial charge in [0.05, 0.1) is 17.8 Å². The molecule has 0 aliphatic carbocycles. The van der Waals surface area contributed by atoms with Crippen LogP contribution in [0.3, 0.4) is 0 Å². The first kappa shape index (κ1) is 13.8. The van der Waals surface area contributed by atoms with E-state index < -0.39 is 0 Å². The molecule has 0 amide bonds. The third-order valence-electron chi connectivity index (χ3n) is 3.45. The second-order valence-corrected chi connectivity index (χ2v) is 5.15. The van der Waals surface area contributed by atoms with E-state index in [0.717, 1.165) is 28.0 Å². The van der Waals surface area contributed by atoms with Crippen LogP contribution in [0.1, 0.15) is 12.5 Å². The molecule has 0 saturated heterocycles. The van der Waals surface area contributed by atoms with Crippen LogP contribution >= 0.6 is 11.6 Å². The smallest absolute Gasteiger partial charge is 0.206 e. The largest absolute Gasteiger partial charge is 0.492 e. The van der Waals surface area contributed by atoms with Gasteiger partial charge in [-0.15, -0.1) is 0 Å². The van der Waals surface area contributed by atoms with Crippen molar-refractivity contribution < 1.29 is 4.74 Å². The van der Waals surface area contributed by atoms with Gasteiger partial charge in [-0.25, -0.2) is 4.98 Å². The van der Waals surface area contributed by atoms with Crippen LogP contribution < -0.4 is 10.5 Å². The number of aromatic nitrogens is 2. The average molecular weight is 302 g/mol. The molecule has 108 valence electrons. The maximum absolute atomic E-state index is 6.22. The van der Waals surface area contributed by atoms with Gasteiger partial charge >= 0.3 is 0 Å². The van der Waals surface area contributed by atoms with Crippen LogP contribution in [0.2, 0.25) is 5.02 Å². The molecule has 0 atom stereocenters. The van der Waals surface area contributed by atoms with Crippen molar-refractivity contribution >= 4 is 28.6 Å². The molecule has 2 aromatic carbocycles. The summed E-state index contributed by atoms with van der Waals surface area (Å²) in [5, 5.41) is 0.703. The number of fused-ring (bicyclic) bond motifs is 1. The molecule has 0 spiro atoms.